The zero-order valence-corrected chi connectivity index (χ0v) is 31.1. The fourth-order valence-electron chi connectivity index (χ4n) is 5.47. The molecule has 0 spiro atoms. The van der Waals surface area contributed by atoms with Gasteiger partial charge in [-0.3, -0.25) is 0 Å². The molecule has 14 nitrogen and oxygen atoms in total. The normalized spacial score (nSPS) is 10.7. The lowest BCUT2D eigenvalue weighted by molar-refractivity contribution is 0.0510. The Morgan fingerprint density at radius 2 is 1.16 bits per heavy atom. The number of oxazole rings is 2. The highest BCUT2D eigenvalue weighted by atomic mass is 35.5. The van der Waals surface area contributed by atoms with E-state index in [1.54, 1.807) is 26.0 Å². The molecule has 0 fully saturated rings. The highest BCUT2D eigenvalue weighted by molar-refractivity contribution is 6.58. The van der Waals surface area contributed by atoms with E-state index in [1.807, 2.05) is 91.5 Å². The number of esters is 2. The third-order valence-electron chi connectivity index (χ3n) is 8.19. The monoisotopic (exact) mass is 774 g/mol. The van der Waals surface area contributed by atoms with Gasteiger partial charge in [0.2, 0.25) is 5.89 Å². The molecule has 56 heavy (non-hydrogen) atoms. The first-order chi connectivity index (χ1) is 27.2. The molecule has 16 heteroatoms. The molecule has 0 unspecified atom stereocenters. The molecule has 2 N–H and O–H groups in total. The van der Waals surface area contributed by atoms with Gasteiger partial charge in [0.25, 0.3) is 5.35 Å². The molecule has 8 rings (SSSR count). The van der Waals surface area contributed by atoms with Crippen molar-refractivity contribution in [3.05, 3.63) is 150 Å². The van der Waals surface area contributed by atoms with Crippen LogP contribution >= 0.6 is 11.6 Å². The van der Waals surface area contributed by atoms with E-state index in [9.17, 15) is 9.59 Å². The number of para-hydroxylation sites is 4. The molecular weight excluding hydrogens is 739 g/mol. The first kappa shape index (κ1) is 39.2. The van der Waals surface area contributed by atoms with Gasteiger partial charge in [0.05, 0.1) is 47.9 Å². The number of hydrogen-bond acceptors (Lipinski definition) is 12. The zero-order valence-electron chi connectivity index (χ0n) is 30.4. The van der Waals surface area contributed by atoms with Crippen LogP contribution in [0.1, 0.15) is 46.0 Å². The minimum Gasteiger partial charge on any atom is -0.461 e. The Hall–Kier alpha value is -6.55. The summed E-state index contributed by atoms with van der Waals surface area (Å²) in [7, 11) is -1.41. The van der Waals surface area contributed by atoms with Gasteiger partial charge in [-0.15, -0.1) is 0 Å². The fourth-order valence-corrected chi connectivity index (χ4v) is 5.61. The van der Waals surface area contributed by atoms with Crippen molar-refractivity contribution in [3.8, 4) is 11.5 Å². The number of fused-ring (bicyclic) bond motifs is 2. The number of nitrogens with zero attached hydrogens (tertiary/aromatic N) is 6. The van der Waals surface area contributed by atoms with Crippen LogP contribution in [-0.4, -0.2) is 71.4 Å². The topological polar surface area (TPSA) is 181 Å². The van der Waals surface area contributed by atoms with Crippen molar-refractivity contribution in [1.82, 2.24) is 29.1 Å². The summed E-state index contributed by atoms with van der Waals surface area (Å²) in [5.74, 6) is -0.609. The van der Waals surface area contributed by atoms with Crippen molar-refractivity contribution in [2.24, 2.45) is 0 Å². The Labute approximate surface area is 326 Å². The Morgan fingerprint density at radius 3 is 1.64 bits per heavy atom. The first-order valence-electron chi connectivity index (χ1n) is 17.5. The lowest BCUT2D eigenvalue weighted by Gasteiger charge is -2.06. The lowest BCUT2D eigenvalue weighted by atomic mass is 9.80. The van der Waals surface area contributed by atoms with Gasteiger partial charge in [-0.2, -0.15) is 4.98 Å². The van der Waals surface area contributed by atoms with Crippen LogP contribution in [0.25, 0.3) is 33.5 Å². The molecule has 284 valence electrons. The van der Waals surface area contributed by atoms with Crippen molar-refractivity contribution in [2.45, 2.75) is 26.9 Å². The van der Waals surface area contributed by atoms with Crippen molar-refractivity contribution in [2.75, 3.05) is 13.2 Å². The number of ether oxygens (including phenoxy) is 2. The van der Waals surface area contributed by atoms with Crippen molar-refractivity contribution < 1.29 is 37.9 Å². The third-order valence-corrected chi connectivity index (χ3v) is 8.36. The van der Waals surface area contributed by atoms with Gasteiger partial charge in [-0.05, 0) is 78.4 Å². The van der Waals surface area contributed by atoms with Crippen LogP contribution in [0.3, 0.4) is 0 Å². The van der Waals surface area contributed by atoms with Crippen molar-refractivity contribution in [1.29, 1.82) is 0 Å². The van der Waals surface area contributed by atoms with E-state index >= 15 is 0 Å². The molecule has 0 aliphatic rings. The molecular formula is C40H36BClN6O8. The highest BCUT2D eigenvalue weighted by Crippen LogP contribution is 2.21. The second-order valence-corrected chi connectivity index (χ2v) is 12.3. The summed E-state index contributed by atoms with van der Waals surface area (Å²) in [6, 6.07) is 31.1. The zero-order chi connectivity index (χ0) is 39.4. The van der Waals surface area contributed by atoms with Gasteiger partial charge >= 0.3 is 19.1 Å². The molecule has 0 amide bonds. The van der Waals surface area contributed by atoms with E-state index in [2.05, 4.69) is 44.3 Å². The SMILES string of the molecule is CCOC(=O)c1coc(-c2ccc(Cn3cnc4ccccc43)cc2)n1.CCOC(=O)c1coc(Cl)n1.OB(O)c1ccc(Cn2cnc3ccccc32)cc1. The maximum absolute atomic E-state index is 11.7. The number of benzene rings is 4. The Morgan fingerprint density at radius 1 is 0.679 bits per heavy atom. The molecule has 4 heterocycles. The molecule has 0 aliphatic carbocycles. The van der Waals surface area contributed by atoms with E-state index < -0.39 is 19.1 Å². The summed E-state index contributed by atoms with van der Waals surface area (Å²) >= 11 is 5.32. The Bertz CT molecular complexity index is 2510. The Balaban J connectivity index is 0.000000155. The summed E-state index contributed by atoms with van der Waals surface area (Å²) in [5.41, 5.74) is 7.95. The van der Waals surface area contributed by atoms with E-state index in [0.29, 0.717) is 31.1 Å². The van der Waals surface area contributed by atoms with E-state index in [4.69, 9.17) is 30.8 Å². The second kappa shape index (κ2) is 18.7. The average molecular weight is 775 g/mol. The quantitative estimate of drug-likeness (QED) is 0.119. The third kappa shape index (κ3) is 9.95. The summed E-state index contributed by atoms with van der Waals surface area (Å²) < 4.78 is 23.7. The first-order valence-corrected chi connectivity index (χ1v) is 17.8. The van der Waals surface area contributed by atoms with Crippen molar-refractivity contribution in [3.63, 3.8) is 0 Å². The molecule has 4 aromatic heterocycles. The van der Waals surface area contributed by atoms with Gasteiger partial charge in [0.1, 0.15) is 12.5 Å². The fraction of sp³-hybridized carbons (Fsp3) is 0.150. The molecule has 0 aliphatic heterocycles. The lowest BCUT2D eigenvalue weighted by Crippen LogP contribution is -2.29. The number of aromatic nitrogens is 6. The largest absolute Gasteiger partial charge is 0.488 e. The van der Waals surface area contributed by atoms with Crippen LogP contribution in [0.5, 0.6) is 0 Å². The number of rotatable bonds is 10. The smallest absolute Gasteiger partial charge is 0.461 e. The van der Waals surface area contributed by atoms with Gasteiger partial charge in [-0.25, -0.2) is 24.5 Å². The maximum Gasteiger partial charge on any atom is 0.488 e. The number of imidazole rings is 2. The molecule has 0 atom stereocenters. The minimum absolute atomic E-state index is 0.0620. The predicted molar refractivity (Wildman–Crippen MR) is 209 cm³/mol. The van der Waals surface area contributed by atoms with Crippen LogP contribution in [0, 0.1) is 0 Å². The standard InChI is InChI=1S/C20H17N3O3.C14H13BN2O2.C6H6ClNO3/c1-2-25-20(24)17-12-26-19(22-17)15-9-7-14(8-10-15)11-23-13-21-16-5-3-4-6-18(16)23;18-15(19)12-7-5-11(6-8-12)9-17-10-16-13-3-1-2-4-14(13)17;1-2-10-5(9)4-3-11-6(7)8-4/h3-10,12-13H,2,11H2,1H3;1-8,10,18-19H,9H2;3H,2H2,1H3. The van der Waals surface area contributed by atoms with Gasteiger partial charge in [0, 0.05) is 18.7 Å². The molecule has 0 radical (unpaired) electrons. The number of halogens is 1. The number of carbonyl (C=O) groups excluding carboxylic acids is 2. The maximum atomic E-state index is 11.7. The van der Waals surface area contributed by atoms with E-state index in [-0.39, 0.29) is 16.7 Å². The summed E-state index contributed by atoms with van der Waals surface area (Å²) in [6.45, 7) is 5.51. The molecule has 4 aromatic carbocycles. The van der Waals surface area contributed by atoms with Gasteiger partial charge < -0.3 is 37.5 Å². The van der Waals surface area contributed by atoms with Gasteiger partial charge in [-0.1, -0.05) is 60.7 Å². The predicted octanol–water partition coefficient (Wildman–Crippen LogP) is 6.19. The van der Waals surface area contributed by atoms with Crippen LogP contribution in [0.15, 0.2) is 131 Å². The second-order valence-electron chi connectivity index (χ2n) is 12.0. The van der Waals surface area contributed by atoms with Gasteiger partial charge in [0.15, 0.2) is 11.4 Å². The number of hydrogen-bond donors (Lipinski definition) is 2. The average Bonchev–Trinajstić information content (AvgIpc) is 4.04. The molecule has 0 saturated carbocycles. The molecule has 0 saturated heterocycles. The molecule has 8 aromatic rings. The van der Waals surface area contributed by atoms with Crippen LogP contribution in [0.4, 0.5) is 0 Å². The minimum atomic E-state index is -1.41. The summed E-state index contributed by atoms with van der Waals surface area (Å²) in [5, 5.41) is 18.0. The van der Waals surface area contributed by atoms with Crippen molar-refractivity contribution >= 4 is 58.2 Å². The number of carbonyl (C=O) groups is 2. The van der Waals surface area contributed by atoms with Crippen LogP contribution in [-0.2, 0) is 22.6 Å². The highest BCUT2D eigenvalue weighted by Gasteiger charge is 2.15. The van der Waals surface area contributed by atoms with E-state index in [1.165, 1.54) is 6.26 Å². The van der Waals surface area contributed by atoms with E-state index in [0.717, 1.165) is 51.6 Å². The Kier molecular flexibility index (Phi) is 13.1. The van der Waals surface area contributed by atoms with Crippen LogP contribution < -0.4 is 5.46 Å². The van der Waals surface area contributed by atoms with Crippen LogP contribution in [0.2, 0.25) is 5.35 Å². The summed E-state index contributed by atoms with van der Waals surface area (Å²) in [4.78, 5) is 39.0. The summed E-state index contributed by atoms with van der Waals surface area (Å²) in [6.07, 6.45) is 6.14. The molecule has 0 bridgehead atoms.